The van der Waals surface area contributed by atoms with Crippen LogP contribution in [0, 0.1) is 6.92 Å². The Hall–Kier alpha value is -3.42. The Balaban J connectivity index is 1.73. The molecule has 0 spiro atoms. The van der Waals surface area contributed by atoms with Crippen molar-refractivity contribution in [2.45, 2.75) is 6.92 Å². The molecule has 0 unspecified atom stereocenters. The fourth-order valence-electron chi connectivity index (χ4n) is 2.94. The van der Waals surface area contributed by atoms with Crippen LogP contribution in [0.25, 0.3) is 16.2 Å². The maximum absolute atomic E-state index is 13.2. The van der Waals surface area contributed by atoms with Gasteiger partial charge in [0.15, 0.2) is 5.75 Å². The number of phenolic OH excluding ortho intramolecular Hbond substituents is 1. The summed E-state index contributed by atoms with van der Waals surface area (Å²) in [5.74, 6) is 1.08. The number of aryl methyl sites for hydroxylation is 1. The molecule has 0 aliphatic carbocycles. The van der Waals surface area contributed by atoms with E-state index >= 15 is 0 Å². The van der Waals surface area contributed by atoms with Crippen molar-refractivity contribution < 1.29 is 24.2 Å². The number of thiophene rings is 2. The standard InChI is InChI=1S/C23H16O5S2/c1-14-9-11-29-22(14)20(26)23-21(18-7-4-16(25)12-19(18)30-23)28-17-5-2-15(3-6-17)8-10-27-13-24/h2-13,25H,1H3/b10-8+. The van der Waals surface area contributed by atoms with Crippen molar-refractivity contribution >= 4 is 51.1 Å². The van der Waals surface area contributed by atoms with Gasteiger partial charge in [-0.05, 0) is 65.9 Å². The molecule has 2 aromatic carbocycles. The van der Waals surface area contributed by atoms with Crippen LogP contribution in [0.15, 0.2) is 60.2 Å². The van der Waals surface area contributed by atoms with E-state index in [1.54, 1.807) is 36.4 Å². The number of aromatic hydroxyl groups is 1. The van der Waals surface area contributed by atoms with Crippen molar-refractivity contribution in [3.05, 3.63) is 81.1 Å². The van der Waals surface area contributed by atoms with Crippen LogP contribution in [0.2, 0.25) is 0 Å². The Morgan fingerprint density at radius 3 is 2.57 bits per heavy atom. The van der Waals surface area contributed by atoms with Gasteiger partial charge in [0.2, 0.25) is 5.78 Å². The number of ketones is 1. The highest BCUT2D eigenvalue weighted by Crippen LogP contribution is 2.43. The molecule has 7 heteroatoms. The van der Waals surface area contributed by atoms with Crippen molar-refractivity contribution in [1.29, 1.82) is 0 Å². The predicted octanol–water partition coefficient (Wildman–Crippen LogP) is 6.14. The van der Waals surface area contributed by atoms with Crippen LogP contribution >= 0.6 is 22.7 Å². The summed E-state index contributed by atoms with van der Waals surface area (Å²) in [6.07, 6.45) is 2.94. The van der Waals surface area contributed by atoms with Gasteiger partial charge in [0.1, 0.15) is 16.4 Å². The van der Waals surface area contributed by atoms with Gasteiger partial charge in [-0.15, -0.1) is 22.7 Å². The number of ether oxygens (including phenoxy) is 2. The summed E-state index contributed by atoms with van der Waals surface area (Å²) in [4.78, 5) is 24.6. The first-order valence-electron chi connectivity index (χ1n) is 8.94. The van der Waals surface area contributed by atoms with Crippen LogP contribution < -0.4 is 4.74 Å². The summed E-state index contributed by atoms with van der Waals surface area (Å²) < 4.78 is 11.5. The molecule has 0 aliphatic rings. The highest BCUT2D eigenvalue weighted by molar-refractivity contribution is 7.22. The van der Waals surface area contributed by atoms with Crippen LogP contribution in [0.5, 0.6) is 17.2 Å². The maximum atomic E-state index is 13.2. The van der Waals surface area contributed by atoms with Crippen LogP contribution in [-0.4, -0.2) is 17.4 Å². The van der Waals surface area contributed by atoms with E-state index < -0.39 is 0 Å². The molecule has 0 saturated heterocycles. The highest BCUT2D eigenvalue weighted by Gasteiger charge is 2.24. The first-order valence-corrected chi connectivity index (χ1v) is 10.6. The molecule has 150 valence electrons. The van der Waals surface area contributed by atoms with E-state index in [1.165, 1.54) is 28.9 Å². The lowest BCUT2D eigenvalue weighted by Gasteiger charge is -2.08. The van der Waals surface area contributed by atoms with Gasteiger partial charge in [-0.1, -0.05) is 12.1 Å². The molecule has 0 atom stereocenters. The third-order valence-electron chi connectivity index (χ3n) is 4.40. The first-order chi connectivity index (χ1) is 14.6. The molecule has 4 rings (SSSR count). The largest absolute Gasteiger partial charge is 0.508 e. The molecule has 30 heavy (non-hydrogen) atoms. The molecule has 0 radical (unpaired) electrons. The Morgan fingerprint density at radius 2 is 1.87 bits per heavy atom. The molecule has 2 aromatic heterocycles. The Bertz CT molecular complexity index is 1250. The number of hydrogen-bond acceptors (Lipinski definition) is 7. The highest BCUT2D eigenvalue weighted by atomic mass is 32.1. The zero-order valence-corrected chi connectivity index (χ0v) is 17.5. The minimum absolute atomic E-state index is 0.0937. The summed E-state index contributed by atoms with van der Waals surface area (Å²) in [5, 5.41) is 12.5. The van der Waals surface area contributed by atoms with Gasteiger partial charge >= 0.3 is 0 Å². The van der Waals surface area contributed by atoms with E-state index in [-0.39, 0.29) is 11.5 Å². The van der Waals surface area contributed by atoms with Crippen molar-refractivity contribution in [1.82, 2.24) is 0 Å². The molecule has 4 aromatic rings. The lowest BCUT2D eigenvalue weighted by molar-refractivity contribution is -0.123. The van der Waals surface area contributed by atoms with E-state index in [0.29, 0.717) is 27.7 Å². The Labute approximate surface area is 180 Å². The van der Waals surface area contributed by atoms with Gasteiger partial charge in [0, 0.05) is 10.1 Å². The predicted molar refractivity (Wildman–Crippen MR) is 119 cm³/mol. The second-order valence-electron chi connectivity index (χ2n) is 6.41. The fraction of sp³-hybridized carbons (Fsp3) is 0.0435. The molecule has 5 nitrogen and oxygen atoms in total. The first kappa shape index (κ1) is 19.9. The van der Waals surface area contributed by atoms with E-state index in [0.717, 1.165) is 21.2 Å². The zero-order valence-electron chi connectivity index (χ0n) is 15.8. The minimum Gasteiger partial charge on any atom is -0.508 e. The maximum Gasteiger partial charge on any atom is 0.297 e. The summed E-state index contributed by atoms with van der Waals surface area (Å²) >= 11 is 2.70. The van der Waals surface area contributed by atoms with Crippen LogP contribution in [0.3, 0.4) is 0 Å². The van der Waals surface area contributed by atoms with E-state index in [2.05, 4.69) is 4.74 Å². The lowest BCUT2D eigenvalue weighted by atomic mass is 10.1. The smallest absolute Gasteiger partial charge is 0.297 e. The normalized spacial score (nSPS) is 11.1. The van der Waals surface area contributed by atoms with Crippen molar-refractivity contribution in [3.8, 4) is 17.2 Å². The summed E-state index contributed by atoms with van der Waals surface area (Å²) in [6, 6.07) is 14.0. The van der Waals surface area contributed by atoms with Gasteiger partial charge < -0.3 is 14.6 Å². The number of carbonyl (C=O) groups is 2. The molecule has 0 amide bonds. The molecular formula is C23H16O5S2. The van der Waals surface area contributed by atoms with Gasteiger partial charge in [-0.3, -0.25) is 9.59 Å². The van der Waals surface area contributed by atoms with Crippen molar-refractivity contribution in [2.24, 2.45) is 0 Å². The Morgan fingerprint density at radius 1 is 1.07 bits per heavy atom. The zero-order chi connectivity index (χ0) is 21.1. The van der Waals surface area contributed by atoms with Crippen LogP contribution in [0.1, 0.15) is 25.7 Å². The number of carbonyl (C=O) groups excluding carboxylic acids is 2. The SMILES string of the molecule is Cc1ccsc1C(=O)c1sc2cc(O)ccc2c1Oc1ccc(/C=C/OC=O)cc1. The van der Waals surface area contributed by atoms with Gasteiger partial charge in [-0.25, -0.2) is 0 Å². The molecule has 0 bridgehead atoms. The van der Waals surface area contributed by atoms with Gasteiger partial charge in [-0.2, -0.15) is 0 Å². The number of phenols is 1. The number of hydrogen-bond donors (Lipinski definition) is 1. The molecule has 0 saturated carbocycles. The number of rotatable bonds is 7. The summed E-state index contributed by atoms with van der Waals surface area (Å²) in [5.41, 5.74) is 1.75. The molecule has 0 fully saturated rings. The Kier molecular flexibility index (Phi) is 5.65. The lowest BCUT2D eigenvalue weighted by Crippen LogP contribution is -2.00. The monoisotopic (exact) mass is 436 g/mol. The summed E-state index contributed by atoms with van der Waals surface area (Å²) in [6.45, 7) is 2.26. The number of benzene rings is 2. The van der Waals surface area contributed by atoms with E-state index in [9.17, 15) is 14.7 Å². The third kappa shape index (κ3) is 3.98. The summed E-state index contributed by atoms with van der Waals surface area (Å²) in [7, 11) is 0. The molecular weight excluding hydrogens is 420 g/mol. The van der Waals surface area contributed by atoms with Crippen molar-refractivity contribution in [2.75, 3.05) is 0 Å². The minimum atomic E-state index is -0.0937. The quantitative estimate of drug-likeness (QED) is 0.214. The molecule has 0 aliphatic heterocycles. The molecule has 1 N–H and O–H groups in total. The van der Waals surface area contributed by atoms with Gasteiger partial charge in [0.25, 0.3) is 6.47 Å². The number of fused-ring (bicyclic) bond motifs is 1. The second-order valence-corrected chi connectivity index (χ2v) is 8.38. The average Bonchev–Trinajstić information content (AvgIpc) is 3.32. The van der Waals surface area contributed by atoms with Crippen molar-refractivity contribution in [3.63, 3.8) is 0 Å². The van der Waals surface area contributed by atoms with Crippen LogP contribution in [0.4, 0.5) is 0 Å². The second kappa shape index (κ2) is 8.52. The van der Waals surface area contributed by atoms with Crippen LogP contribution in [-0.2, 0) is 9.53 Å². The fourth-order valence-corrected chi connectivity index (χ4v) is 4.98. The third-order valence-corrected chi connectivity index (χ3v) is 6.55. The average molecular weight is 437 g/mol. The van der Waals surface area contributed by atoms with E-state index in [1.807, 2.05) is 30.5 Å². The molecule has 2 heterocycles. The van der Waals surface area contributed by atoms with E-state index in [4.69, 9.17) is 4.74 Å². The van der Waals surface area contributed by atoms with Gasteiger partial charge in [0.05, 0.1) is 11.1 Å². The topological polar surface area (TPSA) is 72.8 Å².